The number of hydrogen-bond donors (Lipinski definition) is 1. The largest absolute Gasteiger partial charge is 0.459 e. The quantitative estimate of drug-likeness (QED) is 0.796. The minimum absolute atomic E-state index is 0.0596. The van der Waals surface area contributed by atoms with Crippen molar-refractivity contribution in [3.05, 3.63) is 58.4 Å². The molecule has 6 nitrogen and oxygen atoms in total. The van der Waals surface area contributed by atoms with Crippen LogP contribution in [0.25, 0.3) is 0 Å². The minimum Gasteiger partial charge on any atom is -0.459 e. The van der Waals surface area contributed by atoms with E-state index in [1.54, 1.807) is 18.2 Å². The summed E-state index contributed by atoms with van der Waals surface area (Å²) in [5, 5.41) is 3.15. The van der Waals surface area contributed by atoms with Crippen molar-refractivity contribution in [2.24, 2.45) is 5.92 Å². The summed E-state index contributed by atoms with van der Waals surface area (Å²) in [6, 6.07) is 8.70. The lowest BCUT2D eigenvalue weighted by molar-refractivity contribution is 0.0941. The molecule has 1 amide bonds. The van der Waals surface area contributed by atoms with Gasteiger partial charge in [-0.15, -0.1) is 0 Å². The fraction of sp³-hybridized carbons (Fsp3) is 0.353. The monoisotopic (exact) mass is 343 g/mol. The summed E-state index contributed by atoms with van der Waals surface area (Å²) in [6.07, 6.45) is 2.51. The summed E-state index contributed by atoms with van der Waals surface area (Å²) in [5.74, 6) is 0.517. The first-order valence-electron chi connectivity index (χ1n) is 7.95. The third-order valence-electron chi connectivity index (χ3n) is 4.73. The fourth-order valence-corrected chi connectivity index (χ4v) is 3.95. The van der Waals surface area contributed by atoms with Crippen molar-refractivity contribution in [2.45, 2.75) is 18.9 Å². The van der Waals surface area contributed by atoms with E-state index in [0.717, 1.165) is 18.7 Å². The molecule has 0 aliphatic carbocycles. The van der Waals surface area contributed by atoms with Crippen LogP contribution in [0.4, 0.5) is 0 Å². The molecule has 7 heteroatoms. The van der Waals surface area contributed by atoms with Gasteiger partial charge in [0, 0.05) is 37.3 Å². The third-order valence-corrected chi connectivity index (χ3v) is 5.09. The summed E-state index contributed by atoms with van der Waals surface area (Å²) >= 11 is 5.41. The lowest BCUT2D eigenvalue weighted by Gasteiger charge is -2.43. The second kappa shape index (κ2) is 5.90. The number of amides is 1. The SMILES string of the molecule is O=C(NC(=S)N1C[C@H]2C[C@@H](C1)c1cccc(=O)n1C2)c1ccco1. The van der Waals surface area contributed by atoms with Crippen LogP contribution in [0.2, 0.25) is 0 Å². The normalized spacial score (nSPS) is 21.9. The average molecular weight is 343 g/mol. The number of furan rings is 1. The van der Waals surface area contributed by atoms with E-state index >= 15 is 0 Å². The lowest BCUT2D eigenvalue weighted by atomic mass is 9.83. The number of rotatable bonds is 1. The molecule has 0 spiro atoms. The number of fused-ring (bicyclic) bond motifs is 4. The molecule has 2 bridgehead atoms. The highest BCUT2D eigenvalue weighted by Gasteiger charge is 2.35. The Morgan fingerprint density at radius 3 is 2.88 bits per heavy atom. The molecule has 2 aromatic heterocycles. The predicted molar refractivity (Wildman–Crippen MR) is 91.9 cm³/mol. The van der Waals surface area contributed by atoms with Gasteiger partial charge in [0.15, 0.2) is 10.9 Å². The van der Waals surface area contributed by atoms with Crippen LogP contribution in [0.5, 0.6) is 0 Å². The topological polar surface area (TPSA) is 67.5 Å². The molecule has 124 valence electrons. The maximum Gasteiger partial charge on any atom is 0.293 e. The lowest BCUT2D eigenvalue weighted by Crippen LogP contribution is -2.52. The minimum atomic E-state index is -0.336. The first-order chi connectivity index (χ1) is 11.6. The Kier molecular flexibility index (Phi) is 3.72. The van der Waals surface area contributed by atoms with Crippen LogP contribution in [-0.4, -0.2) is 33.6 Å². The number of likely N-dealkylation sites (tertiary alicyclic amines) is 1. The Hall–Kier alpha value is -2.41. The van der Waals surface area contributed by atoms with Gasteiger partial charge in [-0.25, -0.2) is 0 Å². The van der Waals surface area contributed by atoms with E-state index in [9.17, 15) is 9.59 Å². The van der Waals surface area contributed by atoms with E-state index in [1.807, 2.05) is 21.6 Å². The molecule has 0 aromatic carbocycles. The number of nitrogens with zero attached hydrogens (tertiary/aromatic N) is 2. The first kappa shape index (κ1) is 15.1. The standard InChI is InChI=1S/C17H17N3O3S/c21-15-5-1-3-13-12-7-11(9-20(13)15)8-19(10-12)17(24)18-16(22)14-4-2-6-23-14/h1-6,11-12H,7-10H2,(H,18,22,24)/t11-,12+/m1/s1. The highest BCUT2D eigenvalue weighted by Crippen LogP contribution is 2.34. The summed E-state index contributed by atoms with van der Waals surface area (Å²) in [4.78, 5) is 26.2. The molecule has 2 atom stereocenters. The molecule has 1 fully saturated rings. The number of piperidine rings is 1. The Labute approximate surface area is 144 Å². The van der Waals surface area contributed by atoms with E-state index < -0.39 is 0 Å². The van der Waals surface area contributed by atoms with Crippen LogP contribution in [-0.2, 0) is 6.54 Å². The van der Waals surface area contributed by atoms with Gasteiger partial charge < -0.3 is 13.9 Å². The summed E-state index contributed by atoms with van der Waals surface area (Å²) in [5.41, 5.74) is 1.12. The van der Waals surface area contributed by atoms with Crippen molar-refractivity contribution in [2.75, 3.05) is 13.1 Å². The molecule has 4 rings (SSSR count). The second-order valence-corrected chi connectivity index (χ2v) is 6.73. The molecule has 1 N–H and O–H groups in total. The van der Waals surface area contributed by atoms with Crippen LogP contribution in [0.3, 0.4) is 0 Å². The fourth-order valence-electron chi connectivity index (χ4n) is 3.71. The number of carbonyl (C=O) groups excluding carboxylic acids is 1. The molecule has 0 radical (unpaired) electrons. The van der Waals surface area contributed by atoms with E-state index in [0.29, 0.717) is 24.1 Å². The van der Waals surface area contributed by atoms with Crippen LogP contribution in [0, 0.1) is 5.92 Å². The molecular formula is C17H17N3O3S. The van der Waals surface area contributed by atoms with E-state index in [4.69, 9.17) is 16.6 Å². The van der Waals surface area contributed by atoms with Gasteiger partial charge in [0.1, 0.15) is 0 Å². The number of carbonyl (C=O) groups is 1. The van der Waals surface area contributed by atoms with Crippen molar-refractivity contribution >= 4 is 23.2 Å². The van der Waals surface area contributed by atoms with Gasteiger partial charge in [-0.2, -0.15) is 0 Å². The van der Waals surface area contributed by atoms with Crippen LogP contribution >= 0.6 is 12.2 Å². The number of thiocarbonyl (C=S) groups is 1. The van der Waals surface area contributed by atoms with Gasteiger partial charge >= 0.3 is 0 Å². The Balaban J connectivity index is 1.50. The molecule has 2 aromatic rings. The van der Waals surface area contributed by atoms with Crippen molar-refractivity contribution in [1.29, 1.82) is 0 Å². The Bertz CT molecular complexity index is 843. The molecule has 1 saturated heterocycles. The molecule has 0 saturated carbocycles. The van der Waals surface area contributed by atoms with Gasteiger partial charge in [0.05, 0.1) is 6.26 Å². The van der Waals surface area contributed by atoms with Crippen molar-refractivity contribution < 1.29 is 9.21 Å². The number of nitrogens with one attached hydrogen (secondary N) is 1. The average Bonchev–Trinajstić information content (AvgIpc) is 3.10. The number of aromatic nitrogens is 1. The first-order valence-corrected chi connectivity index (χ1v) is 8.36. The molecule has 2 aliphatic heterocycles. The number of pyridine rings is 1. The van der Waals surface area contributed by atoms with E-state index in [-0.39, 0.29) is 23.1 Å². The maximum absolute atomic E-state index is 12.1. The summed E-state index contributed by atoms with van der Waals surface area (Å²) in [7, 11) is 0. The van der Waals surface area contributed by atoms with Gasteiger partial charge in [-0.3, -0.25) is 14.9 Å². The smallest absolute Gasteiger partial charge is 0.293 e. The summed E-state index contributed by atoms with van der Waals surface area (Å²) < 4.78 is 6.97. The van der Waals surface area contributed by atoms with Crippen molar-refractivity contribution in [3.63, 3.8) is 0 Å². The molecule has 4 heterocycles. The van der Waals surface area contributed by atoms with Crippen LogP contribution in [0.1, 0.15) is 28.6 Å². The highest BCUT2D eigenvalue weighted by molar-refractivity contribution is 7.80. The molecule has 24 heavy (non-hydrogen) atoms. The maximum atomic E-state index is 12.1. The van der Waals surface area contributed by atoms with Crippen molar-refractivity contribution in [3.8, 4) is 0 Å². The van der Waals surface area contributed by atoms with Gasteiger partial charge in [-0.05, 0) is 42.8 Å². The van der Waals surface area contributed by atoms with E-state index in [1.165, 1.54) is 6.26 Å². The van der Waals surface area contributed by atoms with Gasteiger partial charge in [0.2, 0.25) is 0 Å². The zero-order valence-electron chi connectivity index (χ0n) is 13.0. The van der Waals surface area contributed by atoms with E-state index in [2.05, 4.69) is 5.32 Å². The predicted octanol–water partition coefficient (Wildman–Crippen LogP) is 1.58. The van der Waals surface area contributed by atoms with Crippen molar-refractivity contribution in [1.82, 2.24) is 14.8 Å². The highest BCUT2D eigenvalue weighted by atomic mass is 32.1. The van der Waals surface area contributed by atoms with Gasteiger partial charge in [-0.1, -0.05) is 6.07 Å². The van der Waals surface area contributed by atoms with Crippen LogP contribution < -0.4 is 10.9 Å². The number of hydrogen-bond acceptors (Lipinski definition) is 4. The Morgan fingerprint density at radius 2 is 2.08 bits per heavy atom. The van der Waals surface area contributed by atoms with Gasteiger partial charge in [0.25, 0.3) is 11.5 Å². The summed E-state index contributed by atoms with van der Waals surface area (Å²) in [6.45, 7) is 2.16. The zero-order chi connectivity index (χ0) is 16.7. The second-order valence-electron chi connectivity index (χ2n) is 6.34. The molecular weight excluding hydrogens is 326 g/mol. The Morgan fingerprint density at radius 1 is 1.21 bits per heavy atom. The zero-order valence-corrected chi connectivity index (χ0v) is 13.8. The third kappa shape index (κ3) is 2.65. The van der Waals surface area contributed by atoms with Crippen LogP contribution in [0.15, 0.2) is 45.8 Å². The molecule has 0 unspecified atom stereocenters. The molecule has 2 aliphatic rings.